The highest BCUT2D eigenvalue weighted by molar-refractivity contribution is 5.88. The molecule has 0 atom stereocenters. The molecule has 23 heavy (non-hydrogen) atoms. The van der Waals surface area contributed by atoms with Gasteiger partial charge in [0.1, 0.15) is 34.8 Å². The lowest BCUT2D eigenvalue weighted by atomic mass is 9.92. The summed E-state index contributed by atoms with van der Waals surface area (Å²) in [6, 6.07) is 14.4. The largest absolute Gasteiger partial charge is 0.464 e. The normalized spacial score (nSPS) is 10.0. The zero-order valence-electron chi connectivity index (χ0n) is 11.8. The first-order valence-corrected chi connectivity index (χ1v) is 6.66. The molecule has 0 spiro atoms. The average molecular weight is 302 g/mol. The summed E-state index contributed by atoms with van der Waals surface area (Å²) < 4.78 is 5.41. The Kier molecular flexibility index (Phi) is 3.42. The molecule has 0 saturated carbocycles. The van der Waals surface area contributed by atoms with Gasteiger partial charge >= 0.3 is 0 Å². The van der Waals surface area contributed by atoms with Crippen LogP contribution in [0.15, 0.2) is 51.9 Å². The first kappa shape index (κ1) is 14.2. The lowest BCUT2D eigenvalue weighted by Crippen LogP contribution is -2.16. The minimum absolute atomic E-state index is 0.0557. The van der Waals surface area contributed by atoms with E-state index in [1.807, 2.05) is 12.1 Å². The number of aromatic nitrogens is 1. The number of furan rings is 1. The van der Waals surface area contributed by atoms with Crippen LogP contribution in [0.25, 0.3) is 22.5 Å². The highest BCUT2D eigenvalue weighted by Gasteiger charge is 2.21. The second-order valence-electron chi connectivity index (χ2n) is 4.74. The van der Waals surface area contributed by atoms with Crippen LogP contribution in [0.4, 0.5) is 5.82 Å². The number of H-pyrrole nitrogens is 1. The molecule has 2 aromatic heterocycles. The van der Waals surface area contributed by atoms with Gasteiger partial charge in [0.25, 0.3) is 5.56 Å². The number of anilines is 1. The minimum Gasteiger partial charge on any atom is -0.464 e. The summed E-state index contributed by atoms with van der Waals surface area (Å²) in [5.41, 5.74) is 6.43. The quantitative estimate of drug-likeness (QED) is 0.754. The number of hydrogen-bond acceptors (Lipinski definition) is 5. The molecule has 1 aromatic carbocycles. The van der Waals surface area contributed by atoms with E-state index in [0.29, 0.717) is 16.9 Å². The van der Waals surface area contributed by atoms with E-state index in [-0.39, 0.29) is 22.5 Å². The van der Waals surface area contributed by atoms with Gasteiger partial charge in [0.15, 0.2) is 0 Å². The van der Waals surface area contributed by atoms with E-state index < -0.39 is 5.56 Å². The SMILES string of the molecule is N#Cc1c(N)[nH]c(=O)c(C#N)c1-c1ccccc1-c1ccco1. The predicted molar refractivity (Wildman–Crippen MR) is 84.0 cm³/mol. The highest BCUT2D eigenvalue weighted by atomic mass is 16.3. The molecule has 0 fully saturated rings. The summed E-state index contributed by atoms with van der Waals surface area (Å²) in [6.45, 7) is 0. The fourth-order valence-electron chi connectivity index (χ4n) is 2.46. The molecule has 0 radical (unpaired) electrons. The third-order valence-corrected chi connectivity index (χ3v) is 3.45. The molecule has 0 aliphatic carbocycles. The molecule has 6 nitrogen and oxygen atoms in total. The third kappa shape index (κ3) is 2.25. The Balaban J connectivity index is 2.45. The number of aromatic amines is 1. The zero-order valence-corrected chi connectivity index (χ0v) is 11.8. The number of pyridine rings is 1. The summed E-state index contributed by atoms with van der Waals surface area (Å²) in [7, 11) is 0. The fraction of sp³-hybridized carbons (Fsp3) is 0. The van der Waals surface area contributed by atoms with Crippen molar-refractivity contribution in [1.29, 1.82) is 10.5 Å². The van der Waals surface area contributed by atoms with Crippen LogP contribution in [0, 0.1) is 22.7 Å². The first-order chi connectivity index (χ1) is 11.2. The number of nitrogen functional groups attached to an aromatic ring is 1. The Labute approximate surface area is 131 Å². The van der Waals surface area contributed by atoms with Gasteiger partial charge < -0.3 is 15.1 Å². The first-order valence-electron chi connectivity index (χ1n) is 6.66. The van der Waals surface area contributed by atoms with E-state index in [0.717, 1.165) is 0 Å². The third-order valence-electron chi connectivity index (χ3n) is 3.45. The van der Waals surface area contributed by atoms with Crippen LogP contribution in [0.1, 0.15) is 11.1 Å². The van der Waals surface area contributed by atoms with Crippen molar-refractivity contribution < 1.29 is 4.42 Å². The summed E-state index contributed by atoms with van der Waals surface area (Å²) in [4.78, 5) is 14.4. The number of nitriles is 2. The van der Waals surface area contributed by atoms with Crippen molar-refractivity contribution in [2.24, 2.45) is 0 Å². The van der Waals surface area contributed by atoms with Crippen LogP contribution in [-0.4, -0.2) is 4.98 Å². The number of benzene rings is 1. The van der Waals surface area contributed by atoms with Crippen molar-refractivity contribution in [2.75, 3.05) is 5.73 Å². The maximum Gasteiger partial charge on any atom is 0.268 e. The van der Waals surface area contributed by atoms with Crippen molar-refractivity contribution in [3.63, 3.8) is 0 Å². The standard InChI is InChI=1S/C17H10N4O2/c18-8-12-15(13(9-19)17(22)21-16(12)20)11-5-2-1-4-10(11)14-6-3-7-23-14/h1-7H,(H3,20,21,22). The molecule has 0 unspecified atom stereocenters. The number of nitrogens with zero attached hydrogens (tertiary/aromatic N) is 2. The lowest BCUT2D eigenvalue weighted by Gasteiger charge is -2.12. The van der Waals surface area contributed by atoms with Crippen LogP contribution in [0.2, 0.25) is 0 Å². The predicted octanol–water partition coefficient (Wildman–Crippen LogP) is 2.63. The summed E-state index contributed by atoms with van der Waals surface area (Å²) in [6.07, 6.45) is 1.52. The van der Waals surface area contributed by atoms with Gasteiger partial charge in [-0.05, 0) is 17.7 Å². The maximum absolute atomic E-state index is 12.0. The summed E-state index contributed by atoms with van der Waals surface area (Å²) in [5, 5.41) is 18.8. The Morgan fingerprint density at radius 2 is 1.70 bits per heavy atom. The minimum atomic E-state index is -0.631. The van der Waals surface area contributed by atoms with Gasteiger partial charge in [0.05, 0.1) is 6.26 Å². The number of rotatable bonds is 2. The van der Waals surface area contributed by atoms with Crippen molar-refractivity contribution in [3.8, 4) is 34.6 Å². The molecule has 0 aliphatic heterocycles. The Hall–Kier alpha value is -3.77. The van der Waals surface area contributed by atoms with E-state index in [2.05, 4.69) is 4.98 Å². The average Bonchev–Trinajstić information content (AvgIpc) is 3.08. The lowest BCUT2D eigenvalue weighted by molar-refractivity contribution is 0.582. The van der Waals surface area contributed by atoms with Gasteiger partial charge in [0, 0.05) is 11.1 Å². The van der Waals surface area contributed by atoms with E-state index in [1.165, 1.54) is 6.26 Å². The smallest absolute Gasteiger partial charge is 0.268 e. The molecule has 2 heterocycles. The van der Waals surface area contributed by atoms with E-state index in [9.17, 15) is 15.3 Å². The van der Waals surface area contributed by atoms with Crippen molar-refractivity contribution >= 4 is 5.82 Å². The second-order valence-corrected chi connectivity index (χ2v) is 4.74. The molecule has 0 bridgehead atoms. The molecule has 6 heteroatoms. The van der Waals surface area contributed by atoms with Crippen LogP contribution in [0.3, 0.4) is 0 Å². The zero-order chi connectivity index (χ0) is 16.4. The van der Waals surface area contributed by atoms with Gasteiger partial charge in [0.2, 0.25) is 0 Å². The van der Waals surface area contributed by atoms with Gasteiger partial charge in [-0.3, -0.25) is 4.79 Å². The Bertz CT molecular complexity index is 1020. The van der Waals surface area contributed by atoms with Crippen molar-refractivity contribution in [2.45, 2.75) is 0 Å². The number of hydrogen-bond donors (Lipinski definition) is 2. The molecule has 0 saturated heterocycles. The van der Waals surface area contributed by atoms with Crippen molar-refractivity contribution in [3.05, 3.63) is 64.1 Å². The van der Waals surface area contributed by atoms with Crippen LogP contribution < -0.4 is 11.3 Å². The molecule has 0 aliphatic rings. The molecular formula is C17H10N4O2. The monoisotopic (exact) mass is 302 g/mol. The molecule has 3 rings (SSSR count). The van der Waals surface area contributed by atoms with E-state index in [4.69, 9.17) is 10.2 Å². The molecular weight excluding hydrogens is 292 g/mol. The second kappa shape index (κ2) is 5.55. The topological polar surface area (TPSA) is 120 Å². The molecule has 0 amide bonds. The maximum atomic E-state index is 12.0. The Morgan fingerprint density at radius 3 is 2.30 bits per heavy atom. The van der Waals surface area contributed by atoms with Crippen molar-refractivity contribution in [1.82, 2.24) is 4.98 Å². The van der Waals surface area contributed by atoms with Crippen LogP contribution in [-0.2, 0) is 0 Å². The molecule has 3 aromatic rings. The summed E-state index contributed by atoms with van der Waals surface area (Å²) >= 11 is 0. The highest BCUT2D eigenvalue weighted by Crippen LogP contribution is 2.36. The van der Waals surface area contributed by atoms with Gasteiger partial charge in [-0.25, -0.2) is 0 Å². The van der Waals surface area contributed by atoms with Gasteiger partial charge in [-0.1, -0.05) is 24.3 Å². The van der Waals surface area contributed by atoms with E-state index >= 15 is 0 Å². The van der Waals surface area contributed by atoms with Gasteiger partial charge in [-0.2, -0.15) is 10.5 Å². The van der Waals surface area contributed by atoms with Gasteiger partial charge in [-0.15, -0.1) is 0 Å². The molecule has 110 valence electrons. The Morgan fingerprint density at radius 1 is 1.00 bits per heavy atom. The summed E-state index contributed by atoms with van der Waals surface area (Å²) in [5.74, 6) is 0.494. The van der Waals surface area contributed by atoms with Crippen LogP contribution in [0.5, 0.6) is 0 Å². The number of nitrogens with one attached hydrogen (secondary N) is 1. The molecule has 3 N–H and O–H groups in total. The van der Waals surface area contributed by atoms with Crippen LogP contribution >= 0.6 is 0 Å². The number of nitrogens with two attached hydrogens (primary N) is 1. The van der Waals surface area contributed by atoms with E-state index in [1.54, 1.807) is 36.4 Å². The fourth-order valence-corrected chi connectivity index (χ4v) is 2.46.